The number of hydrogen-bond acceptors (Lipinski definition) is 6. The van der Waals surface area contributed by atoms with Gasteiger partial charge in [-0.2, -0.15) is 0 Å². The number of nitrogens with zero attached hydrogens (tertiary/aromatic N) is 1. The van der Waals surface area contributed by atoms with Gasteiger partial charge in [-0.1, -0.05) is 0 Å². The van der Waals surface area contributed by atoms with Crippen molar-refractivity contribution in [3.05, 3.63) is 0 Å². The Bertz CT molecular complexity index is 569. The van der Waals surface area contributed by atoms with Gasteiger partial charge in [0.1, 0.15) is 11.2 Å². The number of likely N-dealkylation sites (tertiary alicyclic amines) is 1. The Morgan fingerprint density at radius 2 is 1.25 bits per heavy atom. The molecule has 0 radical (unpaired) electrons. The van der Waals surface area contributed by atoms with Crippen LogP contribution in [0.4, 0.5) is 9.59 Å². The van der Waals surface area contributed by atoms with E-state index < -0.39 is 41.4 Å². The van der Waals surface area contributed by atoms with E-state index in [-0.39, 0.29) is 31.8 Å². The van der Waals surface area contributed by atoms with Gasteiger partial charge in [-0.25, -0.2) is 9.59 Å². The first-order chi connectivity index (χ1) is 12.7. The second kappa shape index (κ2) is 9.11. The number of hydrogen-bond donors (Lipinski definition) is 3. The number of aliphatic carboxylic acids is 1. The van der Waals surface area contributed by atoms with Crippen molar-refractivity contribution >= 4 is 24.1 Å². The van der Waals surface area contributed by atoms with Gasteiger partial charge in [0.2, 0.25) is 5.91 Å². The second-order valence-corrected chi connectivity index (χ2v) is 8.70. The maximum atomic E-state index is 12.2. The second-order valence-electron chi connectivity index (χ2n) is 8.70. The highest BCUT2D eigenvalue weighted by atomic mass is 16.6. The Kier molecular flexibility index (Phi) is 7.66. The van der Waals surface area contributed by atoms with Gasteiger partial charge in [0.25, 0.3) is 0 Å². The molecule has 160 valence electrons. The van der Waals surface area contributed by atoms with Gasteiger partial charge in [0, 0.05) is 19.5 Å². The summed E-state index contributed by atoms with van der Waals surface area (Å²) in [6.45, 7) is 10.6. The summed E-state index contributed by atoms with van der Waals surface area (Å²) in [7, 11) is 0. The first-order valence-corrected chi connectivity index (χ1v) is 9.15. The van der Waals surface area contributed by atoms with Crippen LogP contribution in [0.2, 0.25) is 0 Å². The molecular weight excluding hydrogens is 370 g/mol. The molecule has 10 nitrogen and oxygen atoms in total. The predicted octanol–water partition coefficient (Wildman–Crippen LogP) is 1.48. The van der Waals surface area contributed by atoms with Crippen molar-refractivity contribution in [3.8, 4) is 0 Å². The van der Waals surface area contributed by atoms with Crippen molar-refractivity contribution in [2.45, 2.75) is 77.7 Å². The third kappa shape index (κ3) is 8.92. The molecule has 0 unspecified atom stereocenters. The normalized spacial score (nSPS) is 19.7. The van der Waals surface area contributed by atoms with Crippen LogP contribution in [-0.4, -0.2) is 70.4 Å². The predicted molar refractivity (Wildman–Crippen MR) is 99.8 cm³/mol. The van der Waals surface area contributed by atoms with Crippen molar-refractivity contribution in [3.63, 3.8) is 0 Å². The standard InChI is InChI=1S/C18H31N3O7/c1-17(2,3)27-15(25)19-11-9-21(13(22)7-8-14(23)24)10-12(11)20-16(26)28-18(4,5)6/h11-12H,7-10H2,1-6H3,(H,19,25)(H,20,26)(H,23,24)/t11-,12-/m1/s1. The number of amides is 3. The molecule has 0 bridgehead atoms. The smallest absolute Gasteiger partial charge is 0.408 e. The van der Waals surface area contributed by atoms with Gasteiger partial charge >= 0.3 is 18.2 Å². The number of nitrogens with one attached hydrogen (secondary N) is 2. The number of alkyl carbamates (subject to hydrolysis) is 2. The lowest BCUT2D eigenvalue weighted by molar-refractivity contribution is -0.140. The highest BCUT2D eigenvalue weighted by Crippen LogP contribution is 2.16. The molecule has 28 heavy (non-hydrogen) atoms. The molecule has 0 aromatic rings. The Hall–Kier alpha value is -2.52. The zero-order valence-electron chi connectivity index (χ0n) is 17.3. The quantitative estimate of drug-likeness (QED) is 0.635. The molecule has 1 fully saturated rings. The molecular formula is C18H31N3O7. The molecule has 3 amide bonds. The highest BCUT2D eigenvalue weighted by molar-refractivity contribution is 5.81. The third-order valence-corrected chi connectivity index (χ3v) is 3.63. The van der Waals surface area contributed by atoms with Crippen molar-refractivity contribution in [1.29, 1.82) is 0 Å². The van der Waals surface area contributed by atoms with E-state index in [0.717, 1.165) is 0 Å². The molecule has 2 atom stereocenters. The van der Waals surface area contributed by atoms with Crippen molar-refractivity contribution in [2.24, 2.45) is 0 Å². The van der Waals surface area contributed by atoms with Gasteiger partial charge in [0.05, 0.1) is 18.5 Å². The van der Waals surface area contributed by atoms with Gasteiger partial charge in [-0.15, -0.1) is 0 Å². The molecule has 1 saturated heterocycles. The van der Waals surface area contributed by atoms with Crippen LogP contribution in [0.3, 0.4) is 0 Å². The largest absolute Gasteiger partial charge is 0.481 e. The van der Waals surface area contributed by atoms with E-state index in [0.29, 0.717) is 0 Å². The van der Waals surface area contributed by atoms with Crippen LogP contribution in [0.5, 0.6) is 0 Å². The van der Waals surface area contributed by atoms with Gasteiger partial charge in [-0.3, -0.25) is 9.59 Å². The van der Waals surface area contributed by atoms with Gasteiger partial charge in [0.15, 0.2) is 0 Å². The Balaban J connectivity index is 2.81. The molecule has 0 saturated carbocycles. The molecule has 0 spiro atoms. The van der Waals surface area contributed by atoms with Crippen LogP contribution in [0.1, 0.15) is 54.4 Å². The summed E-state index contributed by atoms with van der Waals surface area (Å²) in [5.41, 5.74) is -1.40. The van der Waals surface area contributed by atoms with E-state index in [4.69, 9.17) is 14.6 Å². The van der Waals surface area contributed by atoms with E-state index in [2.05, 4.69) is 10.6 Å². The lowest BCUT2D eigenvalue weighted by Gasteiger charge is -2.26. The molecule has 0 aliphatic carbocycles. The van der Waals surface area contributed by atoms with E-state index in [1.165, 1.54) is 4.90 Å². The molecule has 10 heteroatoms. The number of carboxylic acids is 1. The van der Waals surface area contributed by atoms with Crippen LogP contribution < -0.4 is 10.6 Å². The minimum absolute atomic E-state index is 0.123. The molecule has 1 aliphatic heterocycles. The average molecular weight is 401 g/mol. The SMILES string of the molecule is CC(C)(C)OC(=O)N[C@@H]1CN(C(=O)CCC(=O)O)C[C@H]1NC(=O)OC(C)(C)C. The summed E-state index contributed by atoms with van der Waals surface area (Å²) < 4.78 is 10.5. The Morgan fingerprint density at radius 3 is 1.57 bits per heavy atom. The minimum Gasteiger partial charge on any atom is -0.481 e. The highest BCUT2D eigenvalue weighted by Gasteiger charge is 2.38. The number of carbonyl (C=O) groups excluding carboxylic acids is 3. The molecule has 0 aromatic heterocycles. The van der Waals surface area contributed by atoms with Crippen LogP contribution in [-0.2, 0) is 19.1 Å². The number of carboxylic acid groups (broad SMARTS) is 1. The fourth-order valence-electron chi connectivity index (χ4n) is 2.59. The molecule has 1 rings (SSSR count). The molecule has 0 aromatic carbocycles. The Morgan fingerprint density at radius 1 is 0.857 bits per heavy atom. The van der Waals surface area contributed by atoms with Crippen molar-refractivity contribution in [1.82, 2.24) is 15.5 Å². The Labute approximate surface area is 164 Å². The summed E-state index contributed by atoms with van der Waals surface area (Å²) in [6.07, 6.45) is -1.79. The summed E-state index contributed by atoms with van der Waals surface area (Å²) in [4.78, 5) is 48.6. The van der Waals surface area contributed by atoms with Crippen molar-refractivity contribution in [2.75, 3.05) is 13.1 Å². The molecule has 1 heterocycles. The van der Waals surface area contributed by atoms with Crippen LogP contribution in [0, 0.1) is 0 Å². The number of ether oxygens (including phenoxy) is 2. The molecule has 1 aliphatic rings. The monoisotopic (exact) mass is 401 g/mol. The van der Waals surface area contributed by atoms with E-state index >= 15 is 0 Å². The maximum absolute atomic E-state index is 12.2. The van der Waals surface area contributed by atoms with E-state index in [1.807, 2.05) is 0 Å². The first kappa shape index (κ1) is 23.5. The zero-order valence-corrected chi connectivity index (χ0v) is 17.3. The minimum atomic E-state index is -1.07. The molecule has 3 N–H and O–H groups in total. The zero-order chi connectivity index (χ0) is 21.7. The van der Waals surface area contributed by atoms with Crippen LogP contribution in [0.25, 0.3) is 0 Å². The van der Waals surface area contributed by atoms with E-state index in [9.17, 15) is 19.2 Å². The first-order valence-electron chi connectivity index (χ1n) is 9.15. The summed E-state index contributed by atoms with van der Waals surface area (Å²) in [5.74, 6) is -1.44. The van der Waals surface area contributed by atoms with Gasteiger partial charge < -0.3 is 30.1 Å². The van der Waals surface area contributed by atoms with Crippen LogP contribution in [0.15, 0.2) is 0 Å². The fourth-order valence-corrected chi connectivity index (χ4v) is 2.59. The lowest BCUT2D eigenvalue weighted by Crippen LogP contribution is -2.52. The number of rotatable bonds is 5. The topological polar surface area (TPSA) is 134 Å². The van der Waals surface area contributed by atoms with Crippen molar-refractivity contribution < 1.29 is 33.8 Å². The number of carbonyl (C=O) groups is 4. The maximum Gasteiger partial charge on any atom is 0.408 e. The summed E-state index contributed by atoms with van der Waals surface area (Å²) >= 11 is 0. The summed E-state index contributed by atoms with van der Waals surface area (Å²) in [5, 5.41) is 14.1. The third-order valence-electron chi connectivity index (χ3n) is 3.63. The summed E-state index contributed by atoms with van der Waals surface area (Å²) in [6, 6.07) is -1.20. The lowest BCUT2D eigenvalue weighted by atomic mass is 10.1. The van der Waals surface area contributed by atoms with Crippen LogP contribution >= 0.6 is 0 Å². The fraction of sp³-hybridized carbons (Fsp3) is 0.778. The average Bonchev–Trinajstić information content (AvgIpc) is 2.83. The van der Waals surface area contributed by atoms with E-state index in [1.54, 1.807) is 41.5 Å². The van der Waals surface area contributed by atoms with Gasteiger partial charge in [-0.05, 0) is 41.5 Å².